The number of nitrogens with zero attached hydrogens (tertiary/aromatic N) is 2. The number of carbonyl (C=O) groups excluding carboxylic acids is 2. The summed E-state index contributed by atoms with van der Waals surface area (Å²) in [6, 6.07) is 6.97. The topological polar surface area (TPSA) is 93.2 Å². The van der Waals surface area contributed by atoms with E-state index in [0.29, 0.717) is 23.1 Å². The molecular weight excluding hydrogens is 296 g/mol. The second-order valence-electron chi connectivity index (χ2n) is 5.23. The molecule has 1 saturated carbocycles. The third kappa shape index (κ3) is 3.82. The molecule has 1 aliphatic rings. The van der Waals surface area contributed by atoms with Crippen LogP contribution in [-0.2, 0) is 4.74 Å². The molecule has 0 aliphatic heterocycles. The van der Waals surface area contributed by atoms with Crippen molar-refractivity contribution in [3.05, 3.63) is 47.9 Å². The summed E-state index contributed by atoms with van der Waals surface area (Å²) in [5.74, 6) is -0.189. The fourth-order valence-corrected chi connectivity index (χ4v) is 1.99. The van der Waals surface area contributed by atoms with Gasteiger partial charge in [-0.05, 0) is 31.0 Å². The minimum Gasteiger partial charge on any atom is -0.465 e. The molecule has 1 aliphatic carbocycles. The van der Waals surface area contributed by atoms with Gasteiger partial charge < -0.3 is 15.4 Å². The van der Waals surface area contributed by atoms with E-state index in [1.54, 1.807) is 24.3 Å². The first-order chi connectivity index (χ1) is 11.2. The summed E-state index contributed by atoms with van der Waals surface area (Å²) in [4.78, 5) is 31.9. The molecule has 1 aromatic heterocycles. The lowest BCUT2D eigenvalue weighted by Gasteiger charge is -2.07. The van der Waals surface area contributed by atoms with Crippen LogP contribution in [0, 0.1) is 0 Å². The van der Waals surface area contributed by atoms with E-state index < -0.39 is 11.9 Å². The highest BCUT2D eigenvalue weighted by molar-refractivity contribution is 6.03. The molecule has 118 valence electrons. The monoisotopic (exact) mass is 312 g/mol. The third-order valence-electron chi connectivity index (χ3n) is 3.36. The van der Waals surface area contributed by atoms with Gasteiger partial charge in [-0.3, -0.25) is 4.79 Å². The molecule has 1 amide bonds. The molecular formula is C16H16N4O3. The first-order valence-electron chi connectivity index (χ1n) is 7.24. The SMILES string of the molecule is COC(=O)c1cccc(NC(=O)c2cnc(NC3CC3)cn2)c1. The van der Waals surface area contributed by atoms with E-state index in [9.17, 15) is 9.59 Å². The largest absolute Gasteiger partial charge is 0.465 e. The Kier molecular flexibility index (Phi) is 4.18. The average Bonchev–Trinajstić information content (AvgIpc) is 3.39. The minimum atomic E-state index is -0.462. The number of amides is 1. The van der Waals surface area contributed by atoms with Gasteiger partial charge in [-0.25, -0.2) is 14.8 Å². The Morgan fingerprint density at radius 2 is 2.04 bits per heavy atom. The molecule has 0 atom stereocenters. The van der Waals surface area contributed by atoms with Gasteiger partial charge >= 0.3 is 5.97 Å². The van der Waals surface area contributed by atoms with E-state index in [1.807, 2.05) is 0 Å². The smallest absolute Gasteiger partial charge is 0.337 e. The zero-order valence-corrected chi connectivity index (χ0v) is 12.6. The van der Waals surface area contributed by atoms with Gasteiger partial charge in [0, 0.05) is 11.7 Å². The first-order valence-corrected chi connectivity index (χ1v) is 7.24. The van der Waals surface area contributed by atoms with Gasteiger partial charge in [0.25, 0.3) is 5.91 Å². The summed E-state index contributed by atoms with van der Waals surface area (Å²) in [6.45, 7) is 0. The third-order valence-corrected chi connectivity index (χ3v) is 3.36. The Balaban J connectivity index is 1.67. The van der Waals surface area contributed by atoms with Crippen LogP contribution < -0.4 is 10.6 Å². The Bertz CT molecular complexity index is 726. The van der Waals surface area contributed by atoms with Gasteiger partial charge in [-0.1, -0.05) is 6.07 Å². The minimum absolute atomic E-state index is 0.204. The van der Waals surface area contributed by atoms with Crippen molar-refractivity contribution in [2.45, 2.75) is 18.9 Å². The molecule has 23 heavy (non-hydrogen) atoms. The molecule has 3 rings (SSSR count). The van der Waals surface area contributed by atoms with Crippen LogP contribution in [0.25, 0.3) is 0 Å². The van der Waals surface area contributed by atoms with E-state index in [2.05, 4.69) is 25.3 Å². The van der Waals surface area contributed by atoms with Crippen molar-refractivity contribution in [1.29, 1.82) is 0 Å². The number of ether oxygens (including phenoxy) is 1. The number of rotatable bonds is 5. The number of aromatic nitrogens is 2. The number of carbonyl (C=O) groups is 2. The predicted molar refractivity (Wildman–Crippen MR) is 84.4 cm³/mol. The zero-order valence-electron chi connectivity index (χ0n) is 12.6. The molecule has 7 heteroatoms. The van der Waals surface area contributed by atoms with E-state index in [0.717, 1.165) is 12.8 Å². The van der Waals surface area contributed by atoms with E-state index >= 15 is 0 Å². The summed E-state index contributed by atoms with van der Waals surface area (Å²) in [5.41, 5.74) is 1.05. The molecule has 2 aromatic rings. The van der Waals surface area contributed by atoms with Gasteiger partial charge in [-0.2, -0.15) is 0 Å². The lowest BCUT2D eigenvalue weighted by molar-refractivity contribution is 0.0600. The maximum atomic E-state index is 12.2. The van der Waals surface area contributed by atoms with Crippen LogP contribution in [0.4, 0.5) is 11.5 Å². The quantitative estimate of drug-likeness (QED) is 0.821. The number of anilines is 2. The van der Waals surface area contributed by atoms with Gasteiger partial charge in [-0.15, -0.1) is 0 Å². The highest BCUT2D eigenvalue weighted by atomic mass is 16.5. The van der Waals surface area contributed by atoms with Gasteiger partial charge in [0.05, 0.1) is 25.1 Å². The van der Waals surface area contributed by atoms with Crippen molar-refractivity contribution in [3.8, 4) is 0 Å². The van der Waals surface area contributed by atoms with Crippen LogP contribution >= 0.6 is 0 Å². The van der Waals surface area contributed by atoms with Crippen LogP contribution in [0.3, 0.4) is 0 Å². The molecule has 1 fully saturated rings. The van der Waals surface area contributed by atoms with Crippen molar-refractivity contribution in [1.82, 2.24) is 9.97 Å². The summed E-state index contributed by atoms with van der Waals surface area (Å²) >= 11 is 0. The Morgan fingerprint density at radius 3 is 2.70 bits per heavy atom. The van der Waals surface area contributed by atoms with Crippen LogP contribution in [0.2, 0.25) is 0 Å². The highest BCUT2D eigenvalue weighted by Gasteiger charge is 2.21. The number of hydrogen-bond donors (Lipinski definition) is 2. The maximum absolute atomic E-state index is 12.2. The van der Waals surface area contributed by atoms with Crippen LogP contribution in [-0.4, -0.2) is 35.0 Å². The van der Waals surface area contributed by atoms with Crippen molar-refractivity contribution in [3.63, 3.8) is 0 Å². The number of hydrogen-bond acceptors (Lipinski definition) is 6. The number of nitrogens with one attached hydrogen (secondary N) is 2. The maximum Gasteiger partial charge on any atom is 0.337 e. The molecule has 0 unspecified atom stereocenters. The average molecular weight is 312 g/mol. The molecule has 0 radical (unpaired) electrons. The number of methoxy groups -OCH3 is 1. The fourth-order valence-electron chi connectivity index (χ4n) is 1.99. The van der Waals surface area contributed by atoms with Gasteiger partial charge in [0.1, 0.15) is 11.5 Å². The van der Waals surface area contributed by atoms with E-state index in [4.69, 9.17) is 0 Å². The van der Waals surface area contributed by atoms with Crippen molar-refractivity contribution in [2.75, 3.05) is 17.7 Å². The van der Waals surface area contributed by atoms with Crippen LogP contribution in [0.1, 0.15) is 33.7 Å². The molecule has 0 spiro atoms. The number of benzene rings is 1. The second kappa shape index (κ2) is 6.43. The molecule has 0 bridgehead atoms. The van der Waals surface area contributed by atoms with Gasteiger partial charge in [0.2, 0.25) is 0 Å². The fraction of sp³-hybridized carbons (Fsp3) is 0.250. The molecule has 7 nitrogen and oxygen atoms in total. The molecule has 1 aromatic carbocycles. The Hall–Kier alpha value is -2.96. The molecule has 1 heterocycles. The van der Waals surface area contributed by atoms with Crippen molar-refractivity contribution < 1.29 is 14.3 Å². The summed E-state index contributed by atoms with van der Waals surface area (Å²) < 4.78 is 4.65. The van der Waals surface area contributed by atoms with E-state index in [-0.39, 0.29) is 5.69 Å². The van der Waals surface area contributed by atoms with Crippen LogP contribution in [0.15, 0.2) is 36.7 Å². The molecule has 2 N–H and O–H groups in total. The normalized spacial score (nSPS) is 13.3. The standard InChI is InChI=1S/C16H16N4O3/c1-23-16(22)10-3-2-4-12(7-10)20-15(21)13-8-18-14(9-17-13)19-11-5-6-11/h2-4,7-9,11H,5-6H2,1H3,(H,18,19)(H,20,21). The predicted octanol–water partition coefficient (Wildman–Crippen LogP) is 2.09. The lowest BCUT2D eigenvalue weighted by Crippen LogP contribution is -2.15. The van der Waals surface area contributed by atoms with Crippen molar-refractivity contribution in [2.24, 2.45) is 0 Å². The zero-order chi connectivity index (χ0) is 16.2. The summed E-state index contributed by atoms with van der Waals surface area (Å²) in [5, 5.41) is 5.88. The van der Waals surface area contributed by atoms with Gasteiger partial charge in [0.15, 0.2) is 0 Å². The van der Waals surface area contributed by atoms with Crippen LogP contribution in [0.5, 0.6) is 0 Å². The highest BCUT2D eigenvalue weighted by Crippen LogP contribution is 2.23. The van der Waals surface area contributed by atoms with E-state index in [1.165, 1.54) is 19.5 Å². The first kappa shape index (κ1) is 15.0. The van der Waals surface area contributed by atoms with Crippen molar-refractivity contribution >= 4 is 23.4 Å². The summed E-state index contributed by atoms with van der Waals surface area (Å²) in [7, 11) is 1.31. The number of esters is 1. The second-order valence-corrected chi connectivity index (χ2v) is 5.23. The summed E-state index contributed by atoms with van der Waals surface area (Å²) in [6.07, 6.45) is 5.24. The Labute approximate surface area is 133 Å². The molecule has 0 saturated heterocycles. The Morgan fingerprint density at radius 1 is 1.22 bits per heavy atom. The lowest BCUT2D eigenvalue weighted by atomic mass is 10.2.